The number of nitrogens with one attached hydrogen (secondary N) is 1. The summed E-state index contributed by atoms with van der Waals surface area (Å²) in [6.45, 7) is 3.99. The Labute approximate surface area is 169 Å². The van der Waals surface area contributed by atoms with Gasteiger partial charge in [0.1, 0.15) is 12.6 Å². The normalized spacial score (nSPS) is 18.4. The largest absolute Gasteiger partial charge is 0.370 e. The topological polar surface area (TPSA) is 87.9 Å². The Morgan fingerprint density at radius 3 is 2.76 bits per heavy atom. The molecule has 1 heterocycles. The maximum absolute atomic E-state index is 13.7. The molecule has 1 atom stereocenters. The van der Waals surface area contributed by atoms with Crippen LogP contribution in [0.1, 0.15) is 31.8 Å². The highest BCUT2D eigenvalue weighted by atomic mass is 19.3. The summed E-state index contributed by atoms with van der Waals surface area (Å²) in [6, 6.07) is 3.69. The van der Waals surface area contributed by atoms with Crippen molar-refractivity contribution >= 4 is 23.2 Å². The van der Waals surface area contributed by atoms with Gasteiger partial charge in [-0.05, 0) is 43.5 Å². The lowest BCUT2D eigenvalue weighted by molar-refractivity contribution is -0.125. The second kappa shape index (κ2) is 9.60. The standard InChI is InChI=1S/C20H28F2N4O3/c1-2-25(11-13-3-4-13)17(10-23)20(28)24-14-5-6-16(15(9-14)19(21)22)26-7-8-29-12-18(26)27/h5-6,9,13,17,19H,2-4,7-8,10-12,23H2,1H3,(H,24,28)/t17-/m0/s1. The van der Waals surface area contributed by atoms with Crippen molar-refractivity contribution in [1.29, 1.82) is 0 Å². The summed E-state index contributed by atoms with van der Waals surface area (Å²) in [5.41, 5.74) is 5.94. The molecule has 2 aliphatic rings. The van der Waals surface area contributed by atoms with Crippen LogP contribution in [0.3, 0.4) is 0 Å². The molecule has 3 N–H and O–H groups in total. The lowest BCUT2D eigenvalue weighted by Crippen LogP contribution is -2.49. The summed E-state index contributed by atoms with van der Waals surface area (Å²) >= 11 is 0. The zero-order chi connectivity index (χ0) is 21.0. The van der Waals surface area contributed by atoms with Crippen molar-refractivity contribution in [3.8, 4) is 0 Å². The number of likely N-dealkylation sites (N-methyl/N-ethyl adjacent to an activating group) is 1. The number of carbonyl (C=O) groups is 2. The van der Waals surface area contributed by atoms with E-state index in [0.717, 1.165) is 19.4 Å². The summed E-state index contributed by atoms with van der Waals surface area (Å²) in [5, 5.41) is 2.72. The van der Waals surface area contributed by atoms with Crippen LogP contribution in [0.15, 0.2) is 18.2 Å². The SMILES string of the molecule is CCN(CC1CC1)[C@@H](CN)C(=O)Nc1ccc(N2CCOCC2=O)c(C(F)F)c1. The van der Waals surface area contributed by atoms with Crippen LogP contribution < -0.4 is 16.0 Å². The minimum absolute atomic E-state index is 0.132. The fraction of sp³-hybridized carbons (Fsp3) is 0.600. The quantitative estimate of drug-likeness (QED) is 0.650. The van der Waals surface area contributed by atoms with E-state index in [0.29, 0.717) is 19.1 Å². The number of anilines is 2. The first-order valence-corrected chi connectivity index (χ1v) is 9.99. The number of nitrogens with two attached hydrogens (primary N) is 1. The second-order valence-corrected chi connectivity index (χ2v) is 7.44. The molecule has 0 spiro atoms. The fourth-order valence-electron chi connectivity index (χ4n) is 3.58. The molecule has 1 saturated carbocycles. The zero-order valence-corrected chi connectivity index (χ0v) is 16.6. The summed E-state index contributed by atoms with van der Waals surface area (Å²) in [7, 11) is 0. The van der Waals surface area contributed by atoms with Crippen LogP contribution >= 0.6 is 0 Å². The molecule has 0 bridgehead atoms. The Morgan fingerprint density at radius 1 is 1.41 bits per heavy atom. The molecule has 0 aromatic heterocycles. The van der Waals surface area contributed by atoms with Gasteiger partial charge >= 0.3 is 0 Å². The van der Waals surface area contributed by atoms with Crippen molar-refractivity contribution in [2.45, 2.75) is 32.2 Å². The van der Waals surface area contributed by atoms with Crippen molar-refractivity contribution in [2.75, 3.05) is 49.6 Å². The molecule has 2 fully saturated rings. The Morgan fingerprint density at radius 2 is 2.17 bits per heavy atom. The highest BCUT2D eigenvalue weighted by molar-refractivity contribution is 5.97. The third kappa shape index (κ3) is 5.29. The fourth-order valence-corrected chi connectivity index (χ4v) is 3.58. The second-order valence-electron chi connectivity index (χ2n) is 7.44. The van der Waals surface area contributed by atoms with Crippen molar-refractivity contribution in [1.82, 2.24) is 4.90 Å². The maximum atomic E-state index is 13.7. The van der Waals surface area contributed by atoms with E-state index in [1.165, 1.54) is 23.1 Å². The van der Waals surface area contributed by atoms with Gasteiger partial charge in [0.2, 0.25) is 5.91 Å². The van der Waals surface area contributed by atoms with E-state index in [9.17, 15) is 18.4 Å². The third-order valence-electron chi connectivity index (χ3n) is 5.37. The number of rotatable bonds is 9. The maximum Gasteiger partial charge on any atom is 0.265 e. The predicted molar refractivity (Wildman–Crippen MR) is 106 cm³/mol. The number of hydrogen-bond acceptors (Lipinski definition) is 5. The zero-order valence-electron chi connectivity index (χ0n) is 16.6. The Kier molecular flexibility index (Phi) is 7.15. The monoisotopic (exact) mass is 410 g/mol. The van der Waals surface area contributed by atoms with Gasteiger partial charge < -0.3 is 20.7 Å². The van der Waals surface area contributed by atoms with Crippen LogP contribution in [0.4, 0.5) is 20.2 Å². The lowest BCUT2D eigenvalue weighted by atomic mass is 10.1. The van der Waals surface area contributed by atoms with Gasteiger partial charge in [-0.1, -0.05) is 6.92 Å². The molecule has 1 aromatic rings. The van der Waals surface area contributed by atoms with Gasteiger partial charge in [-0.25, -0.2) is 8.78 Å². The molecular formula is C20H28F2N4O3. The number of benzene rings is 1. The number of halogens is 2. The Bertz CT molecular complexity index is 742. The van der Waals surface area contributed by atoms with Crippen molar-refractivity contribution in [2.24, 2.45) is 11.7 Å². The molecule has 7 nitrogen and oxygen atoms in total. The average molecular weight is 410 g/mol. The Balaban J connectivity index is 1.76. The van der Waals surface area contributed by atoms with Gasteiger partial charge in [-0.3, -0.25) is 14.5 Å². The summed E-state index contributed by atoms with van der Waals surface area (Å²) in [5.74, 6) is -0.0743. The minimum atomic E-state index is -2.79. The van der Waals surface area contributed by atoms with E-state index in [1.807, 2.05) is 11.8 Å². The van der Waals surface area contributed by atoms with Crippen molar-refractivity contribution in [3.05, 3.63) is 23.8 Å². The van der Waals surface area contributed by atoms with E-state index in [4.69, 9.17) is 10.5 Å². The predicted octanol–water partition coefficient (Wildman–Crippen LogP) is 1.99. The molecule has 1 aliphatic carbocycles. The number of alkyl halides is 2. The van der Waals surface area contributed by atoms with Crippen molar-refractivity contribution < 1.29 is 23.1 Å². The number of amides is 2. The number of carbonyl (C=O) groups excluding carboxylic acids is 2. The molecule has 2 amide bonds. The van der Waals surface area contributed by atoms with Gasteiger partial charge in [-0.2, -0.15) is 0 Å². The molecule has 0 radical (unpaired) electrons. The smallest absolute Gasteiger partial charge is 0.265 e. The average Bonchev–Trinajstić information content (AvgIpc) is 3.52. The minimum Gasteiger partial charge on any atom is -0.370 e. The van der Waals surface area contributed by atoms with Crippen LogP contribution in [0.25, 0.3) is 0 Å². The van der Waals surface area contributed by atoms with Crippen LogP contribution in [0.5, 0.6) is 0 Å². The van der Waals surface area contributed by atoms with Gasteiger partial charge in [0.25, 0.3) is 12.3 Å². The van der Waals surface area contributed by atoms with Gasteiger partial charge in [0.05, 0.1) is 12.3 Å². The molecule has 1 aliphatic heterocycles. The van der Waals surface area contributed by atoms with Crippen LogP contribution in [0, 0.1) is 5.92 Å². The van der Waals surface area contributed by atoms with Crippen molar-refractivity contribution in [3.63, 3.8) is 0 Å². The Hall–Kier alpha value is -2.10. The highest BCUT2D eigenvalue weighted by Crippen LogP contribution is 2.33. The van der Waals surface area contributed by atoms with E-state index in [2.05, 4.69) is 5.32 Å². The number of nitrogens with zero attached hydrogens (tertiary/aromatic N) is 2. The molecule has 160 valence electrons. The molecule has 29 heavy (non-hydrogen) atoms. The molecular weight excluding hydrogens is 382 g/mol. The molecule has 1 saturated heterocycles. The number of morpholine rings is 1. The summed E-state index contributed by atoms with van der Waals surface area (Å²) in [6.07, 6.45) is -0.464. The van der Waals surface area contributed by atoms with E-state index >= 15 is 0 Å². The summed E-state index contributed by atoms with van der Waals surface area (Å²) < 4.78 is 32.4. The number of hydrogen-bond donors (Lipinski definition) is 2. The van der Waals surface area contributed by atoms with Crippen LogP contribution in [-0.2, 0) is 14.3 Å². The number of ether oxygens (including phenoxy) is 1. The van der Waals surface area contributed by atoms with Crippen LogP contribution in [0.2, 0.25) is 0 Å². The lowest BCUT2D eigenvalue weighted by Gasteiger charge is -2.30. The first-order valence-electron chi connectivity index (χ1n) is 9.99. The first kappa shape index (κ1) is 21.6. The van der Waals surface area contributed by atoms with Gasteiger partial charge in [0.15, 0.2) is 0 Å². The molecule has 0 unspecified atom stereocenters. The third-order valence-corrected chi connectivity index (χ3v) is 5.37. The van der Waals surface area contributed by atoms with Crippen LogP contribution in [-0.4, -0.2) is 62.1 Å². The van der Waals surface area contributed by atoms with Gasteiger partial charge in [-0.15, -0.1) is 0 Å². The molecule has 3 rings (SSSR count). The first-order chi connectivity index (χ1) is 13.9. The van der Waals surface area contributed by atoms with E-state index in [-0.39, 0.29) is 48.4 Å². The summed E-state index contributed by atoms with van der Waals surface area (Å²) in [4.78, 5) is 28.1. The van der Waals surface area contributed by atoms with E-state index in [1.54, 1.807) is 0 Å². The molecule has 1 aromatic carbocycles. The molecule has 9 heteroatoms. The van der Waals surface area contributed by atoms with E-state index < -0.39 is 12.5 Å². The highest BCUT2D eigenvalue weighted by Gasteiger charge is 2.31. The van der Waals surface area contributed by atoms with Gasteiger partial charge in [0, 0.05) is 30.9 Å².